The Morgan fingerprint density at radius 2 is 1.88 bits per heavy atom. The van der Waals surface area contributed by atoms with Gasteiger partial charge in [-0.05, 0) is 18.3 Å². The highest BCUT2D eigenvalue weighted by molar-refractivity contribution is 5.96. The van der Waals surface area contributed by atoms with Crippen LogP contribution in [0.5, 0.6) is 0 Å². The van der Waals surface area contributed by atoms with E-state index in [4.69, 9.17) is 5.73 Å². The normalized spacial score (nSPS) is 24.7. The summed E-state index contributed by atoms with van der Waals surface area (Å²) in [5, 5.41) is 0. The lowest BCUT2D eigenvalue weighted by molar-refractivity contribution is 0.0618. The number of likely N-dealkylation sites (tertiary alicyclic amines) is 1. The summed E-state index contributed by atoms with van der Waals surface area (Å²) in [7, 11) is 0. The first kappa shape index (κ1) is 11.8. The highest BCUT2D eigenvalue weighted by Gasteiger charge is 2.27. The fourth-order valence-corrected chi connectivity index (χ4v) is 2.49. The summed E-state index contributed by atoms with van der Waals surface area (Å²) in [6.07, 6.45) is 4.16. The predicted molar refractivity (Wildman–Crippen MR) is 65.3 cm³/mol. The number of rotatable bonds is 1. The monoisotopic (exact) mass is 234 g/mol. The molecule has 1 aliphatic rings. The van der Waals surface area contributed by atoms with Crippen LogP contribution in [-0.4, -0.2) is 33.9 Å². The molecule has 1 amide bonds. The van der Waals surface area contributed by atoms with Crippen LogP contribution in [0.1, 0.15) is 30.8 Å². The highest BCUT2D eigenvalue weighted by atomic mass is 16.2. The Morgan fingerprint density at radius 3 is 2.47 bits per heavy atom. The summed E-state index contributed by atoms with van der Waals surface area (Å²) in [4.78, 5) is 22.0. The van der Waals surface area contributed by atoms with Crippen molar-refractivity contribution < 1.29 is 4.79 Å². The summed E-state index contributed by atoms with van der Waals surface area (Å²) in [5.74, 6) is 1.17. The van der Waals surface area contributed by atoms with Crippen LogP contribution in [0.3, 0.4) is 0 Å². The number of amides is 1. The van der Waals surface area contributed by atoms with E-state index < -0.39 is 0 Å². The quantitative estimate of drug-likeness (QED) is 0.792. The third-order valence-corrected chi connectivity index (χ3v) is 3.09. The maximum absolute atomic E-state index is 12.3. The summed E-state index contributed by atoms with van der Waals surface area (Å²) in [5.41, 5.74) is 5.95. The number of nitrogens with two attached hydrogens (primary N) is 1. The van der Waals surface area contributed by atoms with Gasteiger partial charge in [0.15, 0.2) is 11.5 Å². The number of anilines is 1. The van der Waals surface area contributed by atoms with E-state index in [0.717, 1.165) is 13.1 Å². The zero-order valence-electron chi connectivity index (χ0n) is 10.3. The van der Waals surface area contributed by atoms with Crippen LogP contribution in [-0.2, 0) is 0 Å². The fraction of sp³-hybridized carbons (Fsp3) is 0.583. The standard InChI is InChI=1S/C12H18N4O/c1-8-5-9(2)7-16(6-8)12(17)10-11(13)15-4-3-14-10/h3-4,8-9H,5-7H2,1-2H3,(H2,13,15)/t8-,9-/m0/s1. The number of hydrogen-bond donors (Lipinski definition) is 1. The minimum Gasteiger partial charge on any atom is -0.382 e. The number of aromatic nitrogens is 2. The van der Waals surface area contributed by atoms with Gasteiger partial charge in [-0.1, -0.05) is 13.8 Å². The van der Waals surface area contributed by atoms with Crippen molar-refractivity contribution in [2.24, 2.45) is 11.8 Å². The topological polar surface area (TPSA) is 72.1 Å². The molecule has 0 aliphatic carbocycles. The summed E-state index contributed by atoms with van der Waals surface area (Å²) in [6.45, 7) is 5.88. The Bertz CT molecular complexity index is 411. The molecule has 92 valence electrons. The Kier molecular flexibility index (Phi) is 3.26. The van der Waals surface area contributed by atoms with Gasteiger partial charge in [-0.15, -0.1) is 0 Å². The average Bonchev–Trinajstić information content (AvgIpc) is 2.27. The fourth-order valence-electron chi connectivity index (χ4n) is 2.49. The minimum absolute atomic E-state index is 0.103. The molecule has 1 aromatic rings. The number of piperidine rings is 1. The second-order valence-corrected chi connectivity index (χ2v) is 4.95. The molecule has 17 heavy (non-hydrogen) atoms. The van der Waals surface area contributed by atoms with Crippen LogP contribution in [0.2, 0.25) is 0 Å². The van der Waals surface area contributed by atoms with Crippen molar-refractivity contribution >= 4 is 11.7 Å². The molecular weight excluding hydrogens is 216 g/mol. The molecule has 2 N–H and O–H groups in total. The number of carbonyl (C=O) groups excluding carboxylic acids is 1. The van der Waals surface area contributed by atoms with Gasteiger partial charge in [0.2, 0.25) is 0 Å². The first-order valence-electron chi connectivity index (χ1n) is 5.93. The molecule has 1 fully saturated rings. The van der Waals surface area contributed by atoms with Gasteiger partial charge >= 0.3 is 0 Å². The molecule has 0 spiro atoms. The molecule has 1 saturated heterocycles. The van der Waals surface area contributed by atoms with Crippen molar-refractivity contribution in [1.82, 2.24) is 14.9 Å². The molecule has 5 nitrogen and oxygen atoms in total. The number of hydrogen-bond acceptors (Lipinski definition) is 4. The molecule has 2 rings (SSSR count). The van der Waals surface area contributed by atoms with Crippen molar-refractivity contribution in [3.05, 3.63) is 18.1 Å². The number of nitrogens with zero attached hydrogens (tertiary/aromatic N) is 3. The lowest BCUT2D eigenvalue weighted by atomic mass is 9.92. The van der Waals surface area contributed by atoms with Crippen LogP contribution in [0.4, 0.5) is 5.82 Å². The molecule has 0 saturated carbocycles. The SMILES string of the molecule is C[C@H]1C[C@H](C)CN(C(=O)c2nccnc2N)C1. The Labute approximate surface area is 101 Å². The third-order valence-electron chi connectivity index (χ3n) is 3.09. The smallest absolute Gasteiger partial charge is 0.276 e. The lowest BCUT2D eigenvalue weighted by Crippen LogP contribution is -2.43. The molecule has 0 aromatic carbocycles. The van der Waals surface area contributed by atoms with E-state index in [1.165, 1.54) is 18.8 Å². The highest BCUT2D eigenvalue weighted by Crippen LogP contribution is 2.22. The van der Waals surface area contributed by atoms with Crippen molar-refractivity contribution in [1.29, 1.82) is 0 Å². The minimum atomic E-state index is -0.103. The first-order chi connectivity index (χ1) is 8.08. The molecule has 0 radical (unpaired) electrons. The first-order valence-corrected chi connectivity index (χ1v) is 5.93. The van der Waals surface area contributed by atoms with Crippen molar-refractivity contribution in [2.45, 2.75) is 20.3 Å². The zero-order valence-corrected chi connectivity index (χ0v) is 10.3. The molecule has 0 bridgehead atoms. The second kappa shape index (κ2) is 4.69. The zero-order chi connectivity index (χ0) is 12.4. The van der Waals surface area contributed by atoms with E-state index in [1.54, 1.807) is 0 Å². The summed E-state index contributed by atoms with van der Waals surface area (Å²) >= 11 is 0. The van der Waals surface area contributed by atoms with E-state index in [9.17, 15) is 4.79 Å². The molecule has 0 unspecified atom stereocenters. The van der Waals surface area contributed by atoms with E-state index in [0.29, 0.717) is 11.8 Å². The molecule has 5 heteroatoms. The number of carbonyl (C=O) groups is 1. The van der Waals surface area contributed by atoms with Crippen molar-refractivity contribution in [3.8, 4) is 0 Å². The Balaban J connectivity index is 2.17. The van der Waals surface area contributed by atoms with E-state index in [-0.39, 0.29) is 17.4 Å². The van der Waals surface area contributed by atoms with Gasteiger partial charge < -0.3 is 10.6 Å². The average molecular weight is 234 g/mol. The third kappa shape index (κ3) is 2.54. The van der Waals surface area contributed by atoms with Crippen LogP contribution < -0.4 is 5.73 Å². The van der Waals surface area contributed by atoms with Crippen LogP contribution in [0.15, 0.2) is 12.4 Å². The van der Waals surface area contributed by atoms with Crippen LogP contribution >= 0.6 is 0 Å². The maximum atomic E-state index is 12.3. The molecule has 1 aromatic heterocycles. The molecule has 2 atom stereocenters. The van der Waals surface area contributed by atoms with Gasteiger partial charge in [-0.3, -0.25) is 4.79 Å². The predicted octanol–water partition coefficient (Wildman–Crippen LogP) is 1.18. The summed E-state index contributed by atoms with van der Waals surface area (Å²) < 4.78 is 0. The van der Waals surface area contributed by atoms with E-state index in [2.05, 4.69) is 23.8 Å². The van der Waals surface area contributed by atoms with Gasteiger partial charge in [-0.25, -0.2) is 9.97 Å². The van der Waals surface area contributed by atoms with Gasteiger partial charge in [0.05, 0.1) is 0 Å². The summed E-state index contributed by atoms with van der Waals surface area (Å²) in [6, 6.07) is 0. The van der Waals surface area contributed by atoms with E-state index in [1.807, 2.05) is 4.90 Å². The van der Waals surface area contributed by atoms with Gasteiger partial charge in [0.25, 0.3) is 5.91 Å². The number of nitrogen functional groups attached to an aromatic ring is 1. The largest absolute Gasteiger partial charge is 0.382 e. The Hall–Kier alpha value is -1.65. The molecular formula is C12H18N4O. The van der Waals surface area contributed by atoms with Gasteiger partial charge in [0, 0.05) is 25.5 Å². The molecule has 1 aliphatic heterocycles. The van der Waals surface area contributed by atoms with Crippen LogP contribution in [0, 0.1) is 11.8 Å². The second-order valence-electron chi connectivity index (χ2n) is 4.95. The van der Waals surface area contributed by atoms with Gasteiger partial charge in [-0.2, -0.15) is 0 Å². The van der Waals surface area contributed by atoms with Crippen LogP contribution in [0.25, 0.3) is 0 Å². The lowest BCUT2D eigenvalue weighted by Gasteiger charge is -2.34. The van der Waals surface area contributed by atoms with Crippen molar-refractivity contribution in [2.75, 3.05) is 18.8 Å². The van der Waals surface area contributed by atoms with E-state index >= 15 is 0 Å². The van der Waals surface area contributed by atoms with Crippen molar-refractivity contribution in [3.63, 3.8) is 0 Å². The Morgan fingerprint density at radius 1 is 1.29 bits per heavy atom. The maximum Gasteiger partial charge on any atom is 0.276 e. The van der Waals surface area contributed by atoms with Gasteiger partial charge in [0.1, 0.15) is 0 Å². The molecule has 2 heterocycles.